The zero-order valence-corrected chi connectivity index (χ0v) is 10.6. The molecular weight excluding hydrogens is 184 g/mol. The molecule has 1 fully saturated rings. The van der Waals surface area contributed by atoms with Crippen LogP contribution in [0.2, 0.25) is 0 Å². The minimum atomic E-state index is 0.755. The van der Waals surface area contributed by atoms with Crippen LogP contribution in [-0.4, -0.2) is 30.7 Å². The molecule has 1 atom stereocenters. The Kier molecular flexibility index (Phi) is 7.03. The van der Waals surface area contributed by atoms with Crippen LogP contribution < -0.4 is 5.32 Å². The minimum absolute atomic E-state index is 0.755. The van der Waals surface area contributed by atoms with Crippen LogP contribution in [0.4, 0.5) is 0 Å². The number of nitrogens with zero attached hydrogens (tertiary/aromatic N) is 1. The van der Waals surface area contributed by atoms with Crippen molar-refractivity contribution in [3.8, 4) is 0 Å². The van der Waals surface area contributed by atoms with Crippen molar-refractivity contribution in [3.63, 3.8) is 0 Å². The van der Waals surface area contributed by atoms with E-state index in [4.69, 9.17) is 0 Å². The maximum absolute atomic E-state index is 3.54. The van der Waals surface area contributed by atoms with Gasteiger partial charge in [-0.2, -0.15) is 0 Å². The summed E-state index contributed by atoms with van der Waals surface area (Å²) in [5.41, 5.74) is 0. The van der Waals surface area contributed by atoms with Crippen molar-refractivity contribution in [2.75, 3.05) is 19.8 Å². The summed E-state index contributed by atoms with van der Waals surface area (Å²) in [6.07, 6.45) is 9.73. The summed E-state index contributed by atoms with van der Waals surface area (Å²) in [6.45, 7) is 8.24. The fraction of sp³-hybridized carbons (Fsp3) is 1.00. The summed E-state index contributed by atoms with van der Waals surface area (Å²) in [7, 11) is 0. The van der Waals surface area contributed by atoms with E-state index in [1.807, 2.05) is 0 Å². The van der Waals surface area contributed by atoms with Gasteiger partial charge in [0.05, 0.1) is 0 Å². The first-order valence-electron chi connectivity index (χ1n) is 6.82. The highest BCUT2D eigenvalue weighted by Crippen LogP contribution is 2.08. The molecule has 0 spiro atoms. The van der Waals surface area contributed by atoms with Crippen LogP contribution in [0.3, 0.4) is 0 Å². The van der Waals surface area contributed by atoms with Crippen LogP contribution in [0.25, 0.3) is 0 Å². The predicted octanol–water partition coefficient (Wildman–Crippen LogP) is 2.99. The molecule has 0 aromatic carbocycles. The molecule has 2 nitrogen and oxygen atoms in total. The van der Waals surface area contributed by atoms with Crippen molar-refractivity contribution in [1.82, 2.24) is 10.2 Å². The summed E-state index contributed by atoms with van der Waals surface area (Å²) in [5.74, 6) is 0. The van der Waals surface area contributed by atoms with Crippen LogP contribution in [0.1, 0.15) is 58.8 Å². The number of rotatable bonds is 8. The van der Waals surface area contributed by atoms with E-state index in [2.05, 4.69) is 24.1 Å². The normalized spacial score (nSPS) is 22.4. The van der Waals surface area contributed by atoms with Gasteiger partial charge >= 0.3 is 0 Å². The Morgan fingerprint density at radius 1 is 1.07 bits per heavy atom. The molecule has 1 heterocycles. The van der Waals surface area contributed by atoms with Gasteiger partial charge in [0.2, 0.25) is 0 Å². The molecule has 0 radical (unpaired) electrons. The van der Waals surface area contributed by atoms with Crippen LogP contribution in [0.5, 0.6) is 0 Å². The number of nitrogens with one attached hydrogen (secondary N) is 1. The summed E-state index contributed by atoms with van der Waals surface area (Å²) in [6, 6.07) is 0.755. The molecule has 15 heavy (non-hydrogen) atoms. The van der Waals surface area contributed by atoms with Crippen LogP contribution in [0.15, 0.2) is 0 Å². The highest BCUT2D eigenvalue weighted by Gasteiger charge is 2.18. The SMILES string of the molecule is CCCCCCCCN1CNC(CC)C1. The van der Waals surface area contributed by atoms with E-state index in [9.17, 15) is 0 Å². The van der Waals surface area contributed by atoms with Gasteiger partial charge in [-0.1, -0.05) is 46.0 Å². The highest BCUT2D eigenvalue weighted by molar-refractivity contribution is 4.76. The van der Waals surface area contributed by atoms with Gasteiger partial charge in [-0.3, -0.25) is 4.90 Å². The van der Waals surface area contributed by atoms with Gasteiger partial charge in [-0.15, -0.1) is 0 Å². The largest absolute Gasteiger partial charge is 0.300 e. The van der Waals surface area contributed by atoms with Gasteiger partial charge in [0.15, 0.2) is 0 Å². The fourth-order valence-corrected chi connectivity index (χ4v) is 2.26. The minimum Gasteiger partial charge on any atom is -0.300 e. The Morgan fingerprint density at radius 2 is 1.80 bits per heavy atom. The van der Waals surface area contributed by atoms with Gasteiger partial charge in [-0.25, -0.2) is 0 Å². The molecule has 2 heteroatoms. The first-order valence-corrected chi connectivity index (χ1v) is 6.82. The van der Waals surface area contributed by atoms with Gasteiger partial charge in [0.1, 0.15) is 0 Å². The lowest BCUT2D eigenvalue weighted by molar-refractivity contribution is 0.319. The second-order valence-electron chi connectivity index (χ2n) is 4.81. The summed E-state index contributed by atoms with van der Waals surface area (Å²) < 4.78 is 0. The quantitative estimate of drug-likeness (QED) is 0.622. The fourth-order valence-electron chi connectivity index (χ4n) is 2.26. The second kappa shape index (κ2) is 8.12. The van der Waals surface area contributed by atoms with E-state index in [-0.39, 0.29) is 0 Å². The van der Waals surface area contributed by atoms with E-state index in [1.54, 1.807) is 0 Å². The van der Waals surface area contributed by atoms with Gasteiger partial charge in [0, 0.05) is 19.3 Å². The number of hydrogen-bond acceptors (Lipinski definition) is 2. The van der Waals surface area contributed by atoms with Gasteiger partial charge in [-0.05, 0) is 19.4 Å². The molecule has 90 valence electrons. The molecule has 1 N–H and O–H groups in total. The predicted molar refractivity (Wildman–Crippen MR) is 67.0 cm³/mol. The van der Waals surface area contributed by atoms with Crippen molar-refractivity contribution in [3.05, 3.63) is 0 Å². The Labute approximate surface area is 95.4 Å². The lowest BCUT2D eigenvalue weighted by Crippen LogP contribution is -2.23. The zero-order valence-electron chi connectivity index (χ0n) is 10.6. The van der Waals surface area contributed by atoms with Crippen LogP contribution in [-0.2, 0) is 0 Å². The van der Waals surface area contributed by atoms with E-state index >= 15 is 0 Å². The van der Waals surface area contributed by atoms with Crippen molar-refractivity contribution in [1.29, 1.82) is 0 Å². The molecular formula is C13H28N2. The standard InChI is InChI=1S/C13H28N2/c1-3-5-6-7-8-9-10-15-11-13(4-2)14-12-15/h13-14H,3-12H2,1-2H3. The third-order valence-electron chi connectivity index (χ3n) is 3.40. The van der Waals surface area contributed by atoms with E-state index in [0.717, 1.165) is 12.7 Å². The third kappa shape index (κ3) is 5.53. The maximum atomic E-state index is 3.54. The Hall–Kier alpha value is -0.0800. The molecule has 1 aliphatic heterocycles. The highest BCUT2D eigenvalue weighted by atomic mass is 15.3. The van der Waals surface area contributed by atoms with Crippen molar-refractivity contribution >= 4 is 0 Å². The van der Waals surface area contributed by atoms with E-state index < -0.39 is 0 Å². The molecule has 0 amide bonds. The van der Waals surface area contributed by atoms with Crippen molar-refractivity contribution < 1.29 is 0 Å². The summed E-state index contributed by atoms with van der Waals surface area (Å²) in [5, 5.41) is 3.54. The first kappa shape index (κ1) is 13.0. The molecule has 0 bridgehead atoms. The van der Waals surface area contributed by atoms with E-state index in [0.29, 0.717) is 0 Å². The molecule has 0 aromatic heterocycles. The molecule has 0 aliphatic carbocycles. The van der Waals surface area contributed by atoms with E-state index in [1.165, 1.54) is 58.0 Å². The zero-order chi connectivity index (χ0) is 10.9. The second-order valence-corrected chi connectivity index (χ2v) is 4.81. The average Bonchev–Trinajstić information content (AvgIpc) is 2.71. The van der Waals surface area contributed by atoms with Crippen LogP contribution >= 0.6 is 0 Å². The topological polar surface area (TPSA) is 15.3 Å². The monoisotopic (exact) mass is 212 g/mol. The molecule has 1 aliphatic rings. The number of hydrogen-bond donors (Lipinski definition) is 1. The van der Waals surface area contributed by atoms with Crippen molar-refractivity contribution in [2.24, 2.45) is 0 Å². The van der Waals surface area contributed by atoms with Gasteiger partial charge < -0.3 is 5.32 Å². The smallest absolute Gasteiger partial charge is 0.0483 e. The molecule has 1 unspecified atom stereocenters. The Balaban J connectivity index is 1.88. The molecule has 1 saturated heterocycles. The first-order chi connectivity index (χ1) is 7.36. The lowest BCUT2D eigenvalue weighted by atomic mass is 10.1. The maximum Gasteiger partial charge on any atom is 0.0483 e. The van der Waals surface area contributed by atoms with Crippen LogP contribution in [0, 0.1) is 0 Å². The Morgan fingerprint density at radius 3 is 2.47 bits per heavy atom. The summed E-state index contributed by atoms with van der Waals surface area (Å²) >= 11 is 0. The number of unbranched alkanes of at least 4 members (excludes halogenated alkanes) is 5. The van der Waals surface area contributed by atoms with Gasteiger partial charge in [0.25, 0.3) is 0 Å². The molecule has 0 saturated carbocycles. The van der Waals surface area contributed by atoms with Crippen molar-refractivity contribution in [2.45, 2.75) is 64.8 Å². The third-order valence-corrected chi connectivity index (χ3v) is 3.40. The molecule has 1 rings (SSSR count). The lowest BCUT2D eigenvalue weighted by Gasteiger charge is -2.13. The molecule has 0 aromatic rings. The Bertz CT molecular complexity index is 147. The average molecular weight is 212 g/mol. The summed E-state index contributed by atoms with van der Waals surface area (Å²) in [4.78, 5) is 2.56.